The molecule has 0 amide bonds. The van der Waals surface area contributed by atoms with Crippen molar-refractivity contribution in [2.24, 2.45) is 5.92 Å². The lowest BCUT2D eigenvalue weighted by Crippen LogP contribution is -2.35. The number of aromatic nitrogens is 1. The quantitative estimate of drug-likeness (QED) is 0.800. The van der Waals surface area contributed by atoms with E-state index < -0.39 is 0 Å². The summed E-state index contributed by atoms with van der Waals surface area (Å²) in [6.07, 6.45) is 4.88. The van der Waals surface area contributed by atoms with Gasteiger partial charge in [-0.05, 0) is 37.0 Å². The molecule has 1 heterocycles. The average Bonchev–Trinajstić information content (AvgIpc) is 2.26. The highest BCUT2D eigenvalue weighted by Crippen LogP contribution is 2.15. The van der Waals surface area contributed by atoms with Crippen LogP contribution in [0.4, 0.5) is 0 Å². The highest BCUT2D eigenvalue weighted by atomic mass is 14.9. The standard InChI is InChI=1S/C13H22N2/c1-5-13(10(2)3)15-11(4)12-6-8-14-9-7-12/h6-11,13,15H,5H2,1-4H3/t11-,13-/m0/s1. The molecule has 84 valence electrons. The largest absolute Gasteiger partial charge is 0.307 e. The molecule has 0 bridgehead atoms. The molecule has 0 saturated carbocycles. The van der Waals surface area contributed by atoms with Crippen LogP contribution < -0.4 is 5.32 Å². The summed E-state index contributed by atoms with van der Waals surface area (Å²) >= 11 is 0. The van der Waals surface area contributed by atoms with E-state index in [-0.39, 0.29) is 0 Å². The lowest BCUT2D eigenvalue weighted by atomic mass is 9.99. The zero-order chi connectivity index (χ0) is 11.3. The third-order valence-electron chi connectivity index (χ3n) is 2.91. The first-order valence-corrected chi connectivity index (χ1v) is 5.81. The maximum atomic E-state index is 4.03. The smallest absolute Gasteiger partial charge is 0.0295 e. The molecular formula is C13H22N2. The summed E-state index contributed by atoms with van der Waals surface area (Å²) in [5.41, 5.74) is 1.31. The first-order valence-electron chi connectivity index (χ1n) is 5.81. The molecule has 0 fully saturated rings. The summed E-state index contributed by atoms with van der Waals surface area (Å²) in [5.74, 6) is 0.680. The average molecular weight is 206 g/mol. The molecule has 1 aromatic rings. The van der Waals surface area contributed by atoms with Crippen molar-refractivity contribution in [1.82, 2.24) is 10.3 Å². The second-order valence-electron chi connectivity index (χ2n) is 4.43. The van der Waals surface area contributed by atoms with E-state index in [0.717, 1.165) is 0 Å². The SMILES string of the molecule is CC[C@H](N[C@@H](C)c1ccncc1)C(C)C. The molecule has 0 saturated heterocycles. The molecule has 0 spiro atoms. The van der Waals surface area contributed by atoms with Gasteiger partial charge in [-0.15, -0.1) is 0 Å². The van der Waals surface area contributed by atoms with Gasteiger partial charge in [0.1, 0.15) is 0 Å². The normalized spacial score (nSPS) is 15.3. The van der Waals surface area contributed by atoms with Gasteiger partial charge in [0.05, 0.1) is 0 Å². The molecule has 2 nitrogen and oxygen atoms in total. The van der Waals surface area contributed by atoms with Crippen molar-refractivity contribution < 1.29 is 0 Å². The molecule has 2 atom stereocenters. The zero-order valence-electron chi connectivity index (χ0n) is 10.2. The summed E-state index contributed by atoms with van der Waals surface area (Å²) in [6, 6.07) is 5.14. The highest BCUT2D eigenvalue weighted by Gasteiger charge is 2.14. The molecule has 0 aliphatic rings. The second kappa shape index (κ2) is 5.86. The van der Waals surface area contributed by atoms with Crippen LogP contribution >= 0.6 is 0 Å². The van der Waals surface area contributed by atoms with E-state index in [2.05, 4.69) is 50.1 Å². The van der Waals surface area contributed by atoms with Gasteiger partial charge in [-0.3, -0.25) is 4.98 Å². The Morgan fingerprint density at radius 1 is 1.20 bits per heavy atom. The number of pyridine rings is 1. The Hall–Kier alpha value is -0.890. The van der Waals surface area contributed by atoms with Crippen molar-refractivity contribution in [1.29, 1.82) is 0 Å². The minimum absolute atomic E-state index is 0.403. The van der Waals surface area contributed by atoms with Gasteiger partial charge in [-0.1, -0.05) is 20.8 Å². The van der Waals surface area contributed by atoms with E-state index in [1.165, 1.54) is 12.0 Å². The van der Waals surface area contributed by atoms with Crippen molar-refractivity contribution in [2.75, 3.05) is 0 Å². The van der Waals surface area contributed by atoms with Crippen LogP contribution in [0.15, 0.2) is 24.5 Å². The van der Waals surface area contributed by atoms with Crippen molar-refractivity contribution in [3.05, 3.63) is 30.1 Å². The molecule has 0 aliphatic carbocycles. The summed E-state index contributed by atoms with van der Waals surface area (Å²) in [7, 11) is 0. The molecule has 0 unspecified atom stereocenters. The number of rotatable bonds is 5. The fourth-order valence-corrected chi connectivity index (χ4v) is 1.85. The topological polar surface area (TPSA) is 24.9 Å². The maximum Gasteiger partial charge on any atom is 0.0295 e. The first-order chi connectivity index (χ1) is 7.15. The predicted molar refractivity (Wildman–Crippen MR) is 64.7 cm³/mol. The summed E-state index contributed by atoms with van der Waals surface area (Å²) in [6.45, 7) is 8.97. The minimum Gasteiger partial charge on any atom is -0.307 e. The van der Waals surface area contributed by atoms with Gasteiger partial charge in [-0.2, -0.15) is 0 Å². The predicted octanol–water partition coefficient (Wildman–Crippen LogP) is 3.17. The molecule has 15 heavy (non-hydrogen) atoms. The summed E-state index contributed by atoms with van der Waals surface area (Å²) < 4.78 is 0. The van der Waals surface area contributed by atoms with E-state index in [9.17, 15) is 0 Å². The van der Waals surface area contributed by atoms with Crippen molar-refractivity contribution in [3.63, 3.8) is 0 Å². The van der Waals surface area contributed by atoms with E-state index >= 15 is 0 Å². The Bertz CT molecular complexity index is 269. The summed E-state index contributed by atoms with van der Waals surface area (Å²) in [4.78, 5) is 4.03. The summed E-state index contributed by atoms with van der Waals surface area (Å²) in [5, 5.41) is 3.65. The van der Waals surface area contributed by atoms with Gasteiger partial charge in [0, 0.05) is 24.5 Å². The Morgan fingerprint density at radius 2 is 1.80 bits per heavy atom. The van der Waals surface area contributed by atoms with Crippen LogP contribution in [0.3, 0.4) is 0 Å². The van der Waals surface area contributed by atoms with Crippen LogP contribution in [0.1, 0.15) is 45.7 Å². The Labute approximate surface area is 93.1 Å². The Morgan fingerprint density at radius 3 is 2.27 bits per heavy atom. The van der Waals surface area contributed by atoms with Crippen LogP contribution in [0.5, 0.6) is 0 Å². The van der Waals surface area contributed by atoms with E-state index in [0.29, 0.717) is 18.0 Å². The Balaban J connectivity index is 2.58. The molecule has 0 radical (unpaired) electrons. The van der Waals surface area contributed by atoms with Gasteiger partial charge in [0.2, 0.25) is 0 Å². The van der Waals surface area contributed by atoms with Gasteiger partial charge in [-0.25, -0.2) is 0 Å². The lowest BCUT2D eigenvalue weighted by Gasteiger charge is -2.25. The third kappa shape index (κ3) is 3.63. The number of hydrogen-bond acceptors (Lipinski definition) is 2. The minimum atomic E-state index is 0.403. The second-order valence-corrected chi connectivity index (χ2v) is 4.43. The molecule has 1 N–H and O–H groups in total. The van der Waals surface area contributed by atoms with Crippen LogP contribution in [-0.2, 0) is 0 Å². The maximum absolute atomic E-state index is 4.03. The fourth-order valence-electron chi connectivity index (χ4n) is 1.85. The number of hydrogen-bond donors (Lipinski definition) is 1. The molecule has 2 heteroatoms. The fraction of sp³-hybridized carbons (Fsp3) is 0.615. The highest BCUT2D eigenvalue weighted by molar-refractivity contribution is 5.14. The van der Waals surface area contributed by atoms with Crippen LogP contribution in [0, 0.1) is 5.92 Å². The first kappa shape index (κ1) is 12.2. The lowest BCUT2D eigenvalue weighted by molar-refractivity contribution is 0.356. The van der Waals surface area contributed by atoms with E-state index in [1.807, 2.05) is 12.4 Å². The number of nitrogens with one attached hydrogen (secondary N) is 1. The third-order valence-corrected chi connectivity index (χ3v) is 2.91. The van der Waals surface area contributed by atoms with Gasteiger partial charge in [0.15, 0.2) is 0 Å². The number of nitrogens with zero attached hydrogens (tertiary/aromatic N) is 1. The Kier molecular flexibility index (Phi) is 4.76. The van der Waals surface area contributed by atoms with E-state index in [4.69, 9.17) is 0 Å². The monoisotopic (exact) mass is 206 g/mol. The van der Waals surface area contributed by atoms with Crippen LogP contribution in [-0.4, -0.2) is 11.0 Å². The van der Waals surface area contributed by atoms with Gasteiger partial charge >= 0.3 is 0 Å². The van der Waals surface area contributed by atoms with Crippen LogP contribution in [0.25, 0.3) is 0 Å². The van der Waals surface area contributed by atoms with Crippen molar-refractivity contribution >= 4 is 0 Å². The van der Waals surface area contributed by atoms with Gasteiger partial charge < -0.3 is 5.32 Å². The zero-order valence-corrected chi connectivity index (χ0v) is 10.2. The van der Waals surface area contributed by atoms with Crippen molar-refractivity contribution in [3.8, 4) is 0 Å². The molecule has 0 aliphatic heterocycles. The van der Waals surface area contributed by atoms with Gasteiger partial charge in [0.25, 0.3) is 0 Å². The van der Waals surface area contributed by atoms with E-state index in [1.54, 1.807) is 0 Å². The van der Waals surface area contributed by atoms with Crippen LogP contribution in [0.2, 0.25) is 0 Å². The van der Waals surface area contributed by atoms with Crippen molar-refractivity contribution in [2.45, 2.75) is 46.2 Å². The molecule has 0 aromatic carbocycles. The molecular weight excluding hydrogens is 184 g/mol. The molecule has 1 rings (SSSR count). The molecule has 1 aromatic heterocycles.